The number of amides is 1. The smallest absolute Gasteiger partial charge is 0.230 e. The number of aliphatic hydroxyl groups excluding tert-OH is 1. The molecule has 0 fully saturated rings. The third-order valence-corrected chi connectivity index (χ3v) is 4.39. The van der Waals surface area contributed by atoms with E-state index >= 15 is 0 Å². The Labute approximate surface area is 132 Å². The van der Waals surface area contributed by atoms with Crippen molar-refractivity contribution in [1.82, 2.24) is 0 Å². The summed E-state index contributed by atoms with van der Waals surface area (Å²) in [6, 6.07) is 7.20. The first kappa shape index (κ1) is 16.6. The maximum absolute atomic E-state index is 12.6. The van der Waals surface area contributed by atoms with Gasteiger partial charge in [-0.05, 0) is 49.4 Å². The monoisotopic (exact) mass is 303 g/mol. The summed E-state index contributed by atoms with van der Waals surface area (Å²) in [6.45, 7) is 6.02. The van der Waals surface area contributed by atoms with Gasteiger partial charge in [-0.1, -0.05) is 25.5 Å². The second kappa shape index (κ2) is 6.53. The van der Waals surface area contributed by atoms with Gasteiger partial charge in [-0.3, -0.25) is 4.79 Å². The predicted molar refractivity (Wildman–Crippen MR) is 87.9 cm³/mol. The SMILES string of the molecule is COc1ccc(NC(=O)[C@H]2CC(C)=CCC(C)(C)C2O)cc1. The van der Waals surface area contributed by atoms with Crippen molar-refractivity contribution in [2.45, 2.75) is 39.7 Å². The molecule has 22 heavy (non-hydrogen) atoms. The van der Waals surface area contributed by atoms with E-state index in [1.165, 1.54) is 0 Å². The molecule has 2 atom stereocenters. The van der Waals surface area contributed by atoms with Crippen molar-refractivity contribution < 1.29 is 14.6 Å². The average molecular weight is 303 g/mol. The van der Waals surface area contributed by atoms with Crippen LogP contribution in [0.4, 0.5) is 5.69 Å². The molecule has 2 rings (SSSR count). The molecular formula is C18H25NO3. The maximum atomic E-state index is 12.6. The fourth-order valence-electron chi connectivity index (χ4n) is 2.79. The molecule has 1 aromatic carbocycles. The number of benzene rings is 1. The molecule has 0 heterocycles. The number of rotatable bonds is 3. The number of hydrogen-bond acceptors (Lipinski definition) is 3. The summed E-state index contributed by atoms with van der Waals surface area (Å²) in [6.07, 6.45) is 2.84. The zero-order valence-corrected chi connectivity index (χ0v) is 13.7. The molecule has 4 nitrogen and oxygen atoms in total. The number of allylic oxidation sites excluding steroid dienone is 2. The molecule has 0 spiro atoms. The molecule has 0 radical (unpaired) electrons. The van der Waals surface area contributed by atoms with Gasteiger partial charge in [0.05, 0.1) is 19.1 Å². The van der Waals surface area contributed by atoms with Crippen LogP contribution in [-0.4, -0.2) is 24.2 Å². The van der Waals surface area contributed by atoms with Crippen LogP contribution in [0, 0.1) is 11.3 Å². The van der Waals surface area contributed by atoms with Gasteiger partial charge in [-0.25, -0.2) is 0 Å². The fraction of sp³-hybridized carbons (Fsp3) is 0.500. The lowest BCUT2D eigenvalue weighted by Gasteiger charge is -2.32. The summed E-state index contributed by atoms with van der Waals surface area (Å²) in [5.74, 6) is 0.170. The van der Waals surface area contributed by atoms with Gasteiger partial charge in [0.15, 0.2) is 0 Å². The summed E-state index contributed by atoms with van der Waals surface area (Å²) >= 11 is 0. The van der Waals surface area contributed by atoms with Crippen molar-refractivity contribution in [3.63, 3.8) is 0 Å². The topological polar surface area (TPSA) is 58.6 Å². The highest BCUT2D eigenvalue weighted by molar-refractivity contribution is 5.93. The molecule has 1 amide bonds. The molecule has 2 N–H and O–H groups in total. The highest BCUT2D eigenvalue weighted by Gasteiger charge is 2.39. The number of anilines is 1. The van der Waals surface area contributed by atoms with Gasteiger partial charge in [-0.2, -0.15) is 0 Å². The number of ether oxygens (including phenoxy) is 1. The van der Waals surface area contributed by atoms with E-state index in [0.29, 0.717) is 12.1 Å². The second-order valence-electron chi connectivity index (χ2n) is 6.72. The Morgan fingerprint density at radius 2 is 1.95 bits per heavy atom. The molecular weight excluding hydrogens is 278 g/mol. The summed E-state index contributed by atoms with van der Waals surface area (Å²) in [5.41, 5.74) is 1.56. The van der Waals surface area contributed by atoms with Crippen LogP contribution >= 0.6 is 0 Å². The Hall–Kier alpha value is -1.81. The number of nitrogens with one attached hydrogen (secondary N) is 1. The lowest BCUT2D eigenvalue weighted by Crippen LogP contribution is -2.41. The molecule has 0 bridgehead atoms. The van der Waals surface area contributed by atoms with Crippen molar-refractivity contribution in [2.75, 3.05) is 12.4 Å². The van der Waals surface area contributed by atoms with E-state index in [1.807, 2.05) is 20.8 Å². The summed E-state index contributed by atoms with van der Waals surface area (Å²) in [7, 11) is 1.60. The Bertz CT molecular complexity index is 560. The molecule has 0 saturated heterocycles. The number of hydrogen-bond donors (Lipinski definition) is 2. The zero-order chi connectivity index (χ0) is 16.3. The largest absolute Gasteiger partial charge is 0.497 e. The van der Waals surface area contributed by atoms with Gasteiger partial charge in [0.25, 0.3) is 0 Å². The predicted octanol–water partition coefficient (Wildman–Crippen LogP) is 3.38. The van der Waals surface area contributed by atoms with Crippen LogP contribution in [0.2, 0.25) is 0 Å². The lowest BCUT2D eigenvalue weighted by molar-refractivity contribution is -0.126. The molecule has 0 aromatic heterocycles. The van der Waals surface area contributed by atoms with Crippen LogP contribution < -0.4 is 10.1 Å². The first-order valence-electron chi connectivity index (χ1n) is 7.62. The number of methoxy groups -OCH3 is 1. The van der Waals surface area contributed by atoms with Crippen LogP contribution in [0.15, 0.2) is 35.9 Å². The van der Waals surface area contributed by atoms with E-state index in [4.69, 9.17) is 4.74 Å². The van der Waals surface area contributed by atoms with Crippen LogP contribution in [0.25, 0.3) is 0 Å². The van der Waals surface area contributed by atoms with E-state index in [-0.39, 0.29) is 11.3 Å². The number of carbonyl (C=O) groups excluding carboxylic acids is 1. The first-order valence-corrected chi connectivity index (χ1v) is 7.62. The van der Waals surface area contributed by atoms with E-state index in [1.54, 1.807) is 31.4 Å². The van der Waals surface area contributed by atoms with Gasteiger partial charge in [0.1, 0.15) is 5.75 Å². The molecule has 4 heteroatoms. The third-order valence-electron chi connectivity index (χ3n) is 4.39. The molecule has 1 unspecified atom stereocenters. The van der Waals surface area contributed by atoms with Crippen molar-refractivity contribution in [3.8, 4) is 5.75 Å². The lowest BCUT2D eigenvalue weighted by atomic mass is 9.77. The van der Waals surface area contributed by atoms with Crippen LogP contribution in [0.1, 0.15) is 33.6 Å². The van der Waals surface area contributed by atoms with Crippen molar-refractivity contribution in [3.05, 3.63) is 35.9 Å². The molecule has 0 aliphatic heterocycles. The van der Waals surface area contributed by atoms with Crippen molar-refractivity contribution in [1.29, 1.82) is 0 Å². The quantitative estimate of drug-likeness (QED) is 0.842. The molecule has 0 saturated carbocycles. The fourth-order valence-corrected chi connectivity index (χ4v) is 2.79. The third kappa shape index (κ3) is 3.69. The van der Waals surface area contributed by atoms with Crippen LogP contribution in [0.5, 0.6) is 5.75 Å². The van der Waals surface area contributed by atoms with Gasteiger partial charge < -0.3 is 15.2 Å². The Morgan fingerprint density at radius 1 is 1.32 bits per heavy atom. The normalized spacial score (nSPS) is 24.1. The first-order chi connectivity index (χ1) is 10.3. The minimum atomic E-state index is -0.667. The number of aliphatic hydroxyl groups is 1. The van der Waals surface area contributed by atoms with Gasteiger partial charge in [0.2, 0.25) is 5.91 Å². The maximum Gasteiger partial charge on any atom is 0.230 e. The van der Waals surface area contributed by atoms with Crippen molar-refractivity contribution >= 4 is 11.6 Å². The molecule has 1 aliphatic carbocycles. The highest BCUT2D eigenvalue weighted by Crippen LogP contribution is 2.37. The van der Waals surface area contributed by atoms with Gasteiger partial charge in [-0.15, -0.1) is 0 Å². The molecule has 1 aromatic rings. The minimum absolute atomic E-state index is 0.139. The zero-order valence-electron chi connectivity index (χ0n) is 13.7. The standard InChI is InChI=1S/C18H25NO3/c1-12-9-10-18(2,3)16(20)15(11-12)17(21)19-13-5-7-14(22-4)8-6-13/h5-9,15-16,20H,10-11H2,1-4H3,(H,19,21)/t15-,16?/m0/s1. The van der Waals surface area contributed by atoms with Crippen LogP contribution in [0.3, 0.4) is 0 Å². The second-order valence-corrected chi connectivity index (χ2v) is 6.72. The van der Waals surface area contributed by atoms with Gasteiger partial charge >= 0.3 is 0 Å². The summed E-state index contributed by atoms with van der Waals surface area (Å²) in [4.78, 5) is 12.6. The molecule has 1 aliphatic rings. The van der Waals surface area contributed by atoms with E-state index in [9.17, 15) is 9.90 Å². The van der Waals surface area contributed by atoms with Crippen LogP contribution in [-0.2, 0) is 4.79 Å². The number of carbonyl (C=O) groups is 1. The summed E-state index contributed by atoms with van der Waals surface area (Å²) in [5, 5.41) is 13.5. The Morgan fingerprint density at radius 3 is 2.55 bits per heavy atom. The van der Waals surface area contributed by atoms with E-state index in [2.05, 4.69) is 11.4 Å². The Balaban J connectivity index is 2.14. The van der Waals surface area contributed by atoms with Gasteiger partial charge in [0, 0.05) is 5.69 Å². The van der Waals surface area contributed by atoms with E-state index < -0.39 is 12.0 Å². The summed E-state index contributed by atoms with van der Waals surface area (Å²) < 4.78 is 5.11. The Kier molecular flexibility index (Phi) is 4.91. The van der Waals surface area contributed by atoms with Crippen molar-refractivity contribution in [2.24, 2.45) is 11.3 Å². The average Bonchev–Trinajstić information content (AvgIpc) is 2.59. The highest BCUT2D eigenvalue weighted by atomic mass is 16.5. The van der Waals surface area contributed by atoms with E-state index in [0.717, 1.165) is 17.7 Å². The minimum Gasteiger partial charge on any atom is -0.497 e. The molecule has 120 valence electrons.